The van der Waals surface area contributed by atoms with E-state index in [1.807, 2.05) is 0 Å². The molecule has 1 aliphatic heterocycles. The fourth-order valence-electron chi connectivity index (χ4n) is 9.19. The van der Waals surface area contributed by atoms with Crippen LogP contribution < -0.4 is 0 Å². The van der Waals surface area contributed by atoms with E-state index in [0.717, 1.165) is 0 Å². The van der Waals surface area contributed by atoms with Gasteiger partial charge in [0.1, 0.15) is 6.17 Å². The van der Waals surface area contributed by atoms with Crippen molar-refractivity contribution >= 4 is 0 Å². The predicted molar refractivity (Wildman–Crippen MR) is 251 cm³/mol. The van der Waals surface area contributed by atoms with E-state index in [1.165, 1.54) is 302 Å². The first-order valence-electron chi connectivity index (χ1n) is 26.5. The molecule has 0 saturated heterocycles. The fourth-order valence-corrected chi connectivity index (χ4v) is 9.19. The average Bonchev–Trinajstić information content (AvgIpc) is 3.58. The molecule has 0 bridgehead atoms. The van der Waals surface area contributed by atoms with Crippen molar-refractivity contribution in [1.82, 2.24) is 9.80 Å². The number of hydrogen-bond acceptors (Lipinski definition) is 2. The lowest BCUT2D eigenvalue weighted by molar-refractivity contribution is 0.135. The minimum absolute atomic E-state index is 0.635. The van der Waals surface area contributed by atoms with Crippen LogP contribution in [-0.2, 0) is 0 Å². The van der Waals surface area contributed by atoms with Gasteiger partial charge in [-0.15, -0.1) is 0 Å². The van der Waals surface area contributed by atoms with Crippen LogP contribution in [0, 0.1) is 0 Å². The summed E-state index contributed by atoms with van der Waals surface area (Å²) in [5.41, 5.74) is 0. The van der Waals surface area contributed by atoms with Crippen LogP contribution in [0.5, 0.6) is 0 Å². The minimum atomic E-state index is 0.635. The lowest BCUT2D eigenvalue weighted by Crippen LogP contribution is -2.39. The molecule has 2 heteroatoms. The SMILES string of the molecule is CCCCCCCCCCCCCCCCCCCC1N(CCCCCCCCCCCCCCC)C=CN1CCCCCCCCCCCCCCCC. The van der Waals surface area contributed by atoms with Crippen molar-refractivity contribution in [2.45, 2.75) is 316 Å². The highest BCUT2D eigenvalue weighted by molar-refractivity contribution is 4.97. The van der Waals surface area contributed by atoms with Crippen molar-refractivity contribution < 1.29 is 0 Å². The summed E-state index contributed by atoms with van der Waals surface area (Å²) in [6, 6.07) is 0. The first-order valence-corrected chi connectivity index (χ1v) is 26.5. The maximum absolute atomic E-state index is 2.75. The molecule has 0 aromatic rings. The van der Waals surface area contributed by atoms with Crippen LogP contribution in [-0.4, -0.2) is 29.1 Å². The summed E-state index contributed by atoms with van der Waals surface area (Å²) in [7, 11) is 0. The summed E-state index contributed by atoms with van der Waals surface area (Å²) in [5.74, 6) is 0. The van der Waals surface area contributed by atoms with Crippen molar-refractivity contribution in [3.63, 3.8) is 0 Å². The van der Waals surface area contributed by atoms with E-state index in [1.54, 1.807) is 0 Å². The van der Waals surface area contributed by atoms with Gasteiger partial charge in [0.2, 0.25) is 0 Å². The first kappa shape index (κ1) is 52.4. The van der Waals surface area contributed by atoms with Crippen LogP contribution in [0.3, 0.4) is 0 Å². The molecule has 0 N–H and O–H groups in total. The quantitative estimate of drug-likeness (QED) is 0.0569. The van der Waals surface area contributed by atoms with Gasteiger partial charge in [-0.05, 0) is 25.7 Å². The van der Waals surface area contributed by atoms with Gasteiger partial charge in [-0.25, -0.2) is 0 Å². The highest BCUT2D eigenvalue weighted by Gasteiger charge is 2.25. The Morgan fingerprint density at radius 2 is 0.418 bits per heavy atom. The van der Waals surface area contributed by atoms with Gasteiger partial charge in [-0.2, -0.15) is 0 Å². The molecule has 1 heterocycles. The Labute approximate surface area is 350 Å². The van der Waals surface area contributed by atoms with Gasteiger partial charge in [0.15, 0.2) is 0 Å². The summed E-state index contributed by atoms with van der Waals surface area (Å²) >= 11 is 0. The van der Waals surface area contributed by atoms with Gasteiger partial charge < -0.3 is 9.80 Å². The van der Waals surface area contributed by atoms with E-state index < -0.39 is 0 Å². The second kappa shape index (κ2) is 44.4. The van der Waals surface area contributed by atoms with E-state index in [-0.39, 0.29) is 0 Å². The Bertz CT molecular complexity index is 732. The molecule has 1 atom stereocenters. The third-order valence-electron chi connectivity index (χ3n) is 13.1. The summed E-state index contributed by atoms with van der Waals surface area (Å²) < 4.78 is 0. The maximum atomic E-state index is 2.75. The normalized spacial score (nSPS) is 14.3. The standard InChI is InChI=1S/C53H106N2/c1-4-7-10-13-16-19-22-25-27-28-29-30-33-36-39-42-45-48-53-54(49-46-43-40-37-34-31-24-21-18-15-12-9-6-3)51-52-55(53)50-47-44-41-38-35-32-26-23-20-17-14-11-8-5-2/h51-53H,4-50H2,1-3H3. The number of hydrogen-bond donors (Lipinski definition) is 0. The zero-order valence-corrected chi connectivity index (χ0v) is 38.9. The Morgan fingerprint density at radius 3 is 0.636 bits per heavy atom. The summed E-state index contributed by atoms with van der Waals surface area (Å²) in [6.45, 7) is 9.50. The molecule has 328 valence electrons. The fraction of sp³-hybridized carbons (Fsp3) is 0.962. The molecular weight excluding hydrogens is 665 g/mol. The van der Waals surface area contributed by atoms with E-state index in [9.17, 15) is 0 Å². The van der Waals surface area contributed by atoms with E-state index in [0.29, 0.717) is 6.17 Å². The van der Waals surface area contributed by atoms with Crippen LogP contribution in [0.2, 0.25) is 0 Å². The van der Waals surface area contributed by atoms with Crippen molar-refractivity contribution in [2.75, 3.05) is 13.1 Å². The molecule has 0 radical (unpaired) electrons. The lowest BCUT2D eigenvalue weighted by atomic mass is 10.0. The Balaban J connectivity index is 2.19. The van der Waals surface area contributed by atoms with Crippen LogP contribution in [0.4, 0.5) is 0 Å². The Hall–Kier alpha value is -0.660. The molecule has 1 rings (SSSR count). The predicted octanol–water partition coefficient (Wildman–Crippen LogP) is 19.0. The third-order valence-corrected chi connectivity index (χ3v) is 13.1. The van der Waals surface area contributed by atoms with Gasteiger partial charge >= 0.3 is 0 Å². The summed E-state index contributed by atoms with van der Waals surface area (Å²) in [5, 5.41) is 0. The topological polar surface area (TPSA) is 6.48 Å². The molecule has 0 spiro atoms. The number of unbranched alkanes of at least 4 members (excludes halogenated alkanes) is 41. The largest absolute Gasteiger partial charge is 0.356 e. The second-order valence-electron chi connectivity index (χ2n) is 18.5. The number of nitrogens with zero attached hydrogens (tertiary/aromatic N) is 2. The highest BCUT2D eigenvalue weighted by atomic mass is 15.4. The van der Waals surface area contributed by atoms with Gasteiger partial charge in [-0.1, -0.05) is 284 Å². The van der Waals surface area contributed by atoms with Crippen molar-refractivity contribution in [3.8, 4) is 0 Å². The molecular formula is C53H106N2. The molecule has 2 nitrogen and oxygen atoms in total. The molecule has 0 aliphatic carbocycles. The van der Waals surface area contributed by atoms with E-state index >= 15 is 0 Å². The Morgan fingerprint density at radius 1 is 0.236 bits per heavy atom. The molecule has 1 aliphatic rings. The first-order chi connectivity index (χ1) is 27.3. The highest BCUT2D eigenvalue weighted by Crippen LogP contribution is 2.24. The summed E-state index contributed by atoms with van der Waals surface area (Å²) in [6.07, 6.45) is 70.8. The monoisotopic (exact) mass is 771 g/mol. The van der Waals surface area contributed by atoms with Crippen LogP contribution in [0.25, 0.3) is 0 Å². The van der Waals surface area contributed by atoms with Gasteiger partial charge in [0.25, 0.3) is 0 Å². The second-order valence-corrected chi connectivity index (χ2v) is 18.5. The Kier molecular flexibility index (Phi) is 42.3. The lowest BCUT2D eigenvalue weighted by Gasteiger charge is -2.33. The van der Waals surface area contributed by atoms with Crippen molar-refractivity contribution in [2.24, 2.45) is 0 Å². The smallest absolute Gasteiger partial charge is 0.101 e. The van der Waals surface area contributed by atoms with E-state index in [2.05, 4.69) is 43.0 Å². The molecule has 0 aromatic carbocycles. The molecule has 55 heavy (non-hydrogen) atoms. The van der Waals surface area contributed by atoms with Crippen LogP contribution in [0.1, 0.15) is 310 Å². The maximum Gasteiger partial charge on any atom is 0.101 e. The minimum Gasteiger partial charge on any atom is -0.356 e. The third kappa shape index (κ3) is 36.2. The van der Waals surface area contributed by atoms with Crippen LogP contribution >= 0.6 is 0 Å². The van der Waals surface area contributed by atoms with E-state index in [4.69, 9.17) is 0 Å². The zero-order chi connectivity index (χ0) is 39.4. The van der Waals surface area contributed by atoms with Crippen LogP contribution in [0.15, 0.2) is 12.4 Å². The van der Waals surface area contributed by atoms with Gasteiger partial charge in [0.05, 0.1) is 0 Å². The molecule has 0 saturated carbocycles. The van der Waals surface area contributed by atoms with Crippen molar-refractivity contribution in [1.29, 1.82) is 0 Å². The van der Waals surface area contributed by atoms with Crippen molar-refractivity contribution in [3.05, 3.63) is 12.4 Å². The zero-order valence-electron chi connectivity index (χ0n) is 38.9. The molecule has 0 fully saturated rings. The molecule has 0 amide bonds. The average molecular weight is 771 g/mol. The van der Waals surface area contributed by atoms with Gasteiger partial charge in [0, 0.05) is 25.5 Å². The molecule has 0 aromatic heterocycles. The summed E-state index contributed by atoms with van der Waals surface area (Å²) in [4.78, 5) is 5.49. The van der Waals surface area contributed by atoms with Gasteiger partial charge in [-0.3, -0.25) is 0 Å². The number of rotatable bonds is 47. The molecule has 1 unspecified atom stereocenters.